The summed E-state index contributed by atoms with van der Waals surface area (Å²) in [4.78, 5) is 2.61. The maximum atomic E-state index is 5.80. The fourth-order valence-electron chi connectivity index (χ4n) is 2.71. The maximum Gasteiger partial charge on any atom is 0.0620 e. The van der Waals surface area contributed by atoms with Crippen molar-refractivity contribution < 1.29 is 4.74 Å². The molecule has 1 saturated heterocycles. The van der Waals surface area contributed by atoms with Gasteiger partial charge in [-0.15, -0.1) is 0 Å². The van der Waals surface area contributed by atoms with Crippen molar-refractivity contribution in [1.82, 2.24) is 4.90 Å². The van der Waals surface area contributed by atoms with Crippen molar-refractivity contribution in [2.75, 3.05) is 26.8 Å². The average molecular weight is 228 g/mol. The average Bonchev–Trinajstić information content (AvgIpc) is 2.27. The van der Waals surface area contributed by atoms with Crippen molar-refractivity contribution in [1.29, 1.82) is 0 Å². The largest absolute Gasteiger partial charge is 0.383 e. The summed E-state index contributed by atoms with van der Waals surface area (Å²) in [5.74, 6) is 1.31. The molecule has 3 nitrogen and oxygen atoms in total. The van der Waals surface area contributed by atoms with E-state index in [1.165, 1.54) is 12.8 Å². The van der Waals surface area contributed by atoms with Gasteiger partial charge in [-0.25, -0.2) is 0 Å². The van der Waals surface area contributed by atoms with Crippen molar-refractivity contribution in [3.63, 3.8) is 0 Å². The van der Waals surface area contributed by atoms with Gasteiger partial charge in [-0.1, -0.05) is 13.8 Å². The molecular weight excluding hydrogens is 200 g/mol. The van der Waals surface area contributed by atoms with Crippen molar-refractivity contribution in [2.24, 2.45) is 17.6 Å². The lowest BCUT2D eigenvalue weighted by Gasteiger charge is -2.44. The zero-order valence-electron chi connectivity index (χ0n) is 11.3. The molecule has 0 aromatic heterocycles. The lowest BCUT2D eigenvalue weighted by atomic mass is 9.90. The van der Waals surface area contributed by atoms with Crippen LogP contribution in [0.25, 0.3) is 0 Å². The Balaban J connectivity index is 2.64. The van der Waals surface area contributed by atoms with Crippen LogP contribution in [0.1, 0.15) is 33.6 Å². The Kier molecular flexibility index (Phi) is 5.73. The summed E-state index contributed by atoms with van der Waals surface area (Å²) in [5.41, 5.74) is 5.80. The summed E-state index contributed by atoms with van der Waals surface area (Å²) in [6, 6.07) is 1.21. The zero-order valence-corrected chi connectivity index (χ0v) is 11.3. The molecule has 1 heterocycles. The third-order valence-electron chi connectivity index (χ3n) is 3.89. The lowest BCUT2D eigenvalue weighted by Crippen LogP contribution is -2.52. The quantitative estimate of drug-likeness (QED) is 0.778. The summed E-state index contributed by atoms with van der Waals surface area (Å²) in [7, 11) is 1.80. The van der Waals surface area contributed by atoms with Crippen LogP contribution in [0.15, 0.2) is 0 Å². The number of hydrogen-bond donors (Lipinski definition) is 1. The molecule has 16 heavy (non-hydrogen) atoms. The van der Waals surface area contributed by atoms with E-state index in [1.807, 2.05) is 0 Å². The van der Waals surface area contributed by atoms with Crippen molar-refractivity contribution >= 4 is 0 Å². The highest BCUT2D eigenvalue weighted by Crippen LogP contribution is 2.26. The molecule has 1 fully saturated rings. The molecule has 3 heteroatoms. The van der Waals surface area contributed by atoms with Crippen LogP contribution in [0.5, 0.6) is 0 Å². The number of ether oxygens (including phenoxy) is 1. The van der Waals surface area contributed by atoms with Gasteiger partial charge in [0, 0.05) is 25.7 Å². The second kappa shape index (κ2) is 6.58. The Hall–Kier alpha value is -0.120. The molecule has 0 radical (unpaired) electrons. The van der Waals surface area contributed by atoms with E-state index < -0.39 is 0 Å². The summed E-state index contributed by atoms with van der Waals surface area (Å²) >= 11 is 0. The number of rotatable bonds is 5. The van der Waals surface area contributed by atoms with Crippen LogP contribution in [0.4, 0.5) is 0 Å². The number of methoxy groups -OCH3 is 1. The van der Waals surface area contributed by atoms with Crippen molar-refractivity contribution in [2.45, 2.75) is 45.7 Å². The highest BCUT2D eigenvalue weighted by molar-refractivity contribution is 4.85. The first-order valence-corrected chi connectivity index (χ1v) is 6.54. The summed E-state index contributed by atoms with van der Waals surface area (Å²) < 4.78 is 5.36. The molecule has 1 rings (SSSR count). The monoisotopic (exact) mass is 228 g/mol. The van der Waals surface area contributed by atoms with Gasteiger partial charge in [-0.05, 0) is 38.1 Å². The first-order valence-electron chi connectivity index (χ1n) is 6.54. The fraction of sp³-hybridized carbons (Fsp3) is 1.00. The molecule has 1 aliphatic rings. The Labute approximate surface area is 100 Å². The standard InChI is InChI=1S/C13H28N2O/c1-10(2)13(9-16-4)15-8-12(7-14)6-5-11(15)3/h10-13H,5-9,14H2,1-4H3. The minimum Gasteiger partial charge on any atom is -0.383 e. The Morgan fingerprint density at radius 2 is 2.06 bits per heavy atom. The minimum absolute atomic E-state index is 0.536. The van der Waals surface area contributed by atoms with Gasteiger partial charge in [0.25, 0.3) is 0 Å². The predicted octanol–water partition coefficient (Wildman–Crippen LogP) is 1.72. The molecule has 0 bridgehead atoms. The van der Waals surface area contributed by atoms with E-state index in [-0.39, 0.29) is 0 Å². The molecular formula is C13H28N2O. The Morgan fingerprint density at radius 1 is 1.38 bits per heavy atom. The lowest BCUT2D eigenvalue weighted by molar-refractivity contribution is 0.00822. The third kappa shape index (κ3) is 3.44. The normalized spacial score (nSPS) is 29.6. The number of likely N-dealkylation sites (tertiary alicyclic amines) is 1. The number of piperidine rings is 1. The van der Waals surface area contributed by atoms with Crippen LogP contribution in [0.3, 0.4) is 0 Å². The van der Waals surface area contributed by atoms with Crippen LogP contribution in [-0.2, 0) is 4.74 Å². The third-order valence-corrected chi connectivity index (χ3v) is 3.89. The topological polar surface area (TPSA) is 38.5 Å². The second-order valence-corrected chi connectivity index (χ2v) is 5.49. The first kappa shape index (κ1) is 13.9. The maximum absolute atomic E-state index is 5.80. The molecule has 0 aliphatic carbocycles. The highest BCUT2D eigenvalue weighted by Gasteiger charge is 2.31. The van der Waals surface area contributed by atoms with Gasteiger partial charge < -0.3 is 10.5 Å². The smallest absolute Gasteiger partial charge is 0.0620 e. The number of nitrogens with zero attached hydrogens (tertiary/aromatic N) is 1. The molecule has 3 unspecified atom stereocenters. The number of hydrogen-bond acceptors (Lipinski definition) is 3. The molecule has 0 aromatic carbocycles. The zero-order chi connectivity index (χ0) is 12.1. The van der Waals surface area contributed by atoms with E-state index in [0.717, 1.165) is 19.7 Å². The molecule has 0 spiro atoms. The van der Waals surface area contributed by atoms with E-state index in [0.29, 0.717) is 23.9 Å². The number of nitrogens with two attached hydrogens (primary N) is 1. The van der Waals surface area contributed by atoms with Gasteiger partial charge in [-0.2, -0.15) is 0 Å². The molecule has 0 amide bonds. The van der Waals surface area contributed by atoms with Crippen LogP contribution < -0.4 is 5.73 Å². The molecule has 1 aliphatic heterocycles. The minimum atomic E-state index is 0.536. The van der Waals surface area contributed by atoms with E-state index in [4.69, 9.17) is 10.5 Å². The first-order chi connectivity index (χ1) is 7.60. The molecule has 2 N–H and O–H groups in total. The van der Waals surface area contributed by atoms with E-state index >= 15 is 0 Å². The summed E-state index contributed by atoms with van der Waals surface area (Å²) in [6.45, 7) is 9.69. The van der Waals surface area contributed by atoms with Gasteiger partial charge in [0.2, 0.25) is 0 Å². The molecule has 3 atom stereocenters. The van der Waals surface area contributed by atoms with Crippen LogP contribution in [0.2, 0.25) is 0 Å². The van der Waals surface area contributed by atoms with Crippen LogP contribution >= 0.6 is 0 Å². The van der Waals surface area contributed by atoms with Gasteiger partial charge >= 0.3 is 0 Å². The summed E-state index contributed by atoms with van der Waals surface area (Å²) in [5, 5.41) is 0. The van der Waals surface area contributed by atoms with Crippen LogP contribution in [-0.4, -0.2) is 43.8 Å². The van der Waals surface area contributed by atoms with Crippen LogP contribution in [0, 0.1) is 11.8 Å². The Morgan fingerprint density at radius 3 is 2.56 bits per heavy atom. The molecule has 96 valence electrons. The van der Waals surface area contributed by atoms with Crippen molar-refractivity contribution in [3.05, 3.63) is 0 Å². The SMILES string of the molecule is COCC(C(C)C)N1CC(CN)CCC1C. The van der Waals surface area contributed by atoms with Gasteiger partial charge in [0.05, 0.1) is 6.61 Å². The van der Waals surface area contributed by atoms with E-state index in [1.54, 1.807) is 7.11 Å². The highest BCUT2D eigenvalue weighted by atomic mass is 16.5. The van der Waals surface area contributed by atoms with E-state index in [9.17, 15) is 0 Å². The molecule has 0 aromatic rings. The van der Waals surface area contributed by atoms with Gasteiger partial charge in [-0.3, -0.25) is 4.90 Å². The van der Waals surface area contributed by atoms with Gasteiger partial charge in [0.15, 0.2) is 0 Å². The fourth-order valence-corrected chi connectivity index (χ4v) is 2.71. The second-order valence-electron chi connectivity index (χ2n) is 5.49. The van der Waals surface area contributed by atoms with Gasteiger partial charge in [0.1, 0.15) is 0 Å². The molecule has 0 saturated carbocycles. The van der Waals surface area contributed by atoms with E-state index in [2.05, 4.69) is 25.7 Å². The predicted molar refractivity (Wildman–Crippen MR) is 68.4 cm³/mol. The van der Waals surface area contributed by atoms with Crippen molar-refractivity contribution in [3.8, 4) is 0 Å². The Bertz CT molecular complexity index is 196. The summed E-state index contributed by atoms with van der Waals surface area (Å²) in [6.07, 6.45) is 2.56.